The van der Waals surface area contributed by atoms with E-state index >= 15 is 0 Å². The number of halogens is 2. The van der Waals surface area contributed by atoms with Crippen molar-refractivity contribution in [1.82, 2.24) is 35.1 Å². The minimum Gasteiger partial charge on any atom is -0.301 e. The van der Waals surface area contributed by atoms with Crippen molar-refractivity contribution in [1.29, 1.82) is 0 Å². The van der Waals surface area contributed by atoms with E-state index in [0.29, 0.717) is 6.54 Å². The largest absolute Gasteiger partial charge is 0.301 e. The number of benzene rings is 1. The van der Waals surface area contributed by atoms with Crippen LogP contribution in [-0.4, -0.2) is 54.7 Å². The van der Waals surface area contributed by atoms with Gasteiger partial charge in [-0.15, -0.1) is 5.10 Å². The summed E-state index contributed by atoms with van der Waals surface area (Å²) < 4.78 is 28.6. The maximum absolute atomic E-state index is 14.1. The number of piperidine rings is 1. The Morgan fingerprint density at radius 2 is 2.11 bits per heavy atom. The minimum absolute atomic E-state index is 0.171. The van der Waals surface area contributed by atoms with Crippen molar-refractivity contribution in [3.63, 3.8) is 0 Å². The number of aryl methyl sites for hydroxylation is 1. The molecular weight excluding hydrogens is 472 g/mol. The standard InChI is InChI=1S/C28H29F2N7/c1-19(29)5-3-6-23(30)11-14-36-13-4-7-24(17-36)37-18-27(33-35-37)21-8-9-26-25(16-21)28(34-32-26)22-10-12-31-20(2)15-22/h3,5-6,8-10,12,15-16,18,24H,1,4,7,11,13-14,17H2,2H3,(H,32,34)/b5-3-,23-6+/t24-/m1/s1. The van der Waals surface area contributed by atoms with Crippen LogP contribution in [0, 0.1) is 6.92 Å². The van der Waals surface area contributed by atoms with E-state index in [0.717, 1.165) is 71.1 Å². The fourth-order valence-corrected chi connectivity index (χ4v) is 4.73. The minimum atomic E-state index is -0.593. The van der Waals surface area contributed by atoms with Crippen molar-refractivity contribution in [2.24, 2.45) is 0 Å². The van der Waals surface area contributed by atoms with E-state index in [-0.39, 0.29) is 18.3 Å². The van der Waals surface area contributed by atoms with Crippen LogP contribution in [0.2, 0.25) is 0 Å². The summed E-state index contributed by atoms with van der Waals surface area (Å²) in [6, 6.07) is 10.3. The van der Waals surface area contributed by atoms with Gasteiger partial charge in [-0.05, 0) is 62.7 Å². The molecule has 0 unspecified atom stereocenters. The number of hydrogen-bond acceptors (Lipinski definition) is 5. The first-order chi connectivity index (χ1) is 18.0. The lowest BCUT2D eigenvalue weighted by Gasteiger charge is -2.32. The Kier molecular flexibility index (Phi) is 7.32. The lowest BCUT2D eigenvalue weighted by Crippen LogP contribution is -2.37. The van der Waals surface area contributed by atoms with Crippen LogP contribution < -0.4 is 0 Å². The number of pyridine rings is 1. The molecule has 0 spiro atoms. The van der Waals surface area contributed by atoms with Crippen LogP contribution in [-0.2, 0) is 0 Å². The van der Waals surface area contributed by atoms with Crippen LogP contribution in [0.25, 0.3) is 33.4 Å². The van der Waals surface area contributed by atoms with Gasteiger partial charge >= 0.3 is 0 Å². The zero-order valence-electron chi connectivity index (χ0n) is 20.7. The number of aromatic nitrogens is 6. The molecule has 1 aliphatic rings. The molecule has 4 aromatic rings. The number of likely N-dealkylation sites (tertiary alicyclic amines) is 1. The zero-order chi connectivity index (χ0) is 25.8. The van der Waals surface area contributed by atoms with Crippen LogP contribution in [0.3, 0.4) is 0 Å². The van der Waals surface area contributed by atoms with Crippen LogP contribution in [0.15, 0.2) is 79.2 Å². The Balaban J connectivity index is 1.28. The summed E-state index contributed by atoms with van der Waals surface area (Å²) in [6.45, 7) is 7.38. The summed E-state index contributed by atoms with van der Waals surface area (Å²) in [7, 11) is 0. The maximum atomic E-state index is 14.1. The molecule has 7 nitrogen and oxygen atoms in total. The molecule has 1 fully saturated rings. The SMILES string of the molecule is C=C(F)/C=C\C=C(\F)CCN1CCC[C@@H](n2cc(-c3ccc4[nH]nc(-c5ccnc(C)c5)c4c3)nn2)C1. The Morgan fingerprint density at radius 3 is 2.95 bits per heavy atom. The Hall–Kier alpha value is -3.98. The average Bonchev–Trinajstić information content (AvgIpc) is 3.55. The lowest BCUT2D eigenvalue weighted by molar-refractivity contribution is 0.168. The lowest BCUT2D eigenvalue weighted by atomic mass is 10.0. The summed E-state index contributed by atoms with van der Waals surface area (Å²) in [4.78, 5) is 6.52. The third kappa shape index (κ3) is 5.89. The summed E-state index contributed by atoms with van der Waals surface area (Å²) in [5.41, 5.74) is 5.55. The van der Waals surface area contributed by atoms with E-state index in [1.54, 1.807) is 6.20 Å². The average molecular weight is 502 g/mol. The first-order valence-electron chi connectivity index (χ1n) is 12.4. The number of allylic oxidation sites excluding steroid dienone is 4. The van der Waals surface area contributed by atoms with Gasteiger partial charge in [0.1, 0.15) is 23.0 Å². The van der Waals surface area contributed by atoms with Gasteiger partial charge in [-0.1, -0.05) is 23.9 Å². The van der Waals surface area contributed by atoms with Gasteiger partial charge in [0.25, 0.3) is 0 Å². The molecule has 37 heavy (non-hydrogen) atoms. The molecule has 1 atom stereocenters. The number of fused-ring (bicyclic) bond motifs is 1. The predicted molar refractivity (Wildman–Crippen MR) is 141 cm³/mol. The van der Waals surface area contributed by atoms with Crippen molar-refractivity contribution < 1.29 is 8.78 Å². The Morgan fingerprint density at radius 1 is 1.22 bits per heavy atom. The predicted octanol–water partition coefficient (Wildman–Crippen LogP) is 6.11. The number of hydrogen-bond donors (Lipinski definition) is 1. The molecule has 1 aromatic carbocycles. The monoisotopic (exact) mass is 501 g/mol. The molecule has 3 aromatic heterocycles. The number of nitrogens with one attached hydrogen (secondary N) is 1. The molecule has 0 bridgehead atoms. The molecule has 190 valence electrons. The highest BCUT2D eigenvalue weighted by molar-refractivity contribution is 5.95. The molecule has 9 heteroatoms. The van der Waals surface area contributed by atoms with E-state index < -0.39 is 5.83 Å². The second kappa shape index (κ2) is 11.0. The fourth-order valence-electron chi connectivity index (χ4n) is 4.73. The van der Waals surface area contributed by atoms with E-state index in [1.807, 2.05) is 42.1 Å². The first-order valence-corrected chi connectivity index (χ1v) is 12.4. The first kappa shape index (κ1) is 24.7. The van der Waals surface area contributed by atoms with Crippen molar-refractivity contribution in [2.45, 2.75) is 32.2 Å². The van der Waals surface area contributed by atoms with Gasteiger partial charge in [-0.2, -0.15) is 5.10 Å². The van der Waals surface area contributed by atoms with Crippen molar-refractivity contribution in [3.05, 3.63) is 84.9 Å². The topological polar surface area (TPSA) is 75.5 Å². The van der Waals surface area contributed by atoms with E-state index in [1.165, 1.54) is 12.2 Å². The summed E-state index contributed by atoms with van der Waals surface area (Å²) >= 11 is 0. The molecular formula is C28H29F2N7. The molecule has 0 saturated carbocycles. The molecule has 1 saturated heterocycles. The third-order valence-electron chi connectivity index (χ3n) is 6.61. The van der Waals surface area contributed by atoms with Gasteiger partial charge in [0, 0.05) is 47.9 Å². The second-order valence-corrected chi connectivity index (χ2v) is 9.37. The van der Waals surface area contributed by atoms with Crippen LogP contribution in [0.1, 0.15) is 31.0 Å². The van der Waals surface area contributed by atoms with Gasteiger partial charge in [-0.25, -0.2) is 13.5 Å². The van der Waals surface area contributed by atoms with Crippen molar-refractivity contribution >= 4 is 10.9 Å². The highest BCUT2D eigenvalue weighted by atomic mass is 19.1. The maximum Gasteiger partial charge on any atom is 0.116 e. The number of rotatable bonds is 8. The molecule has 0 aliphatic carbocycles. The second-order valence-electron chi connectivity index (χ2n) is 9.37. The molecule has 1 N–H and O–H groups in total. The van der Waals surface area contributed by atoms with E-state index in [9.17, 15) is 8.78 Å². The zero-order valence-corrected chi connectivity index (χ0v) is 20.7. The van der Waals surface area contributed by atoms with Gasteiger partial charge in [0.05, 0.1) is 17.8 Å². The van der Waals surface area contributed by atoms with Crippen LogP contribution in [0.4, 0.5) is 8.78 Å². The van der Waals surface area contributed by atoms with E-state index in [4.69, 9.17) is 0 Å². The molecule has 0 radical (unpaired) electrons. The highest BCUT2D eigenvalue weighted by Gasteiger charge is 2.23. The van der Waals surface area contributed by atoms with Gasteiger partial charge in [0.15, 0.2) is 0 Å². The van der Waals surface area contributed by atoms with E-state index in [2.05, 4.69) is 43.0 Å². The summed E-state index contributed by atoms with van der Waals surface area (Å²) in [6.07, 6.45) is 9.82. The van der Waals surface area contributed by atoms with Crippen LogP contribution in [0.5, 0.6) is 0 Å². The van der Waals surface area contributed by atoms with Crippen molar-refractivity contribution in [3.8, 4) is 22.5 Å². The quantitative estimate of drug-likeness (QED) is 0.295. The highest BCUT2D eigenvalue weighted by Crippen LogP contribution is 2.30. The Labute approximate surface area is 214 Å². The molecule has 0 amide bonds. The molecule has 5 rings (SSSR count). The smallest absolute Gasteiger partial charge is 0.116 e. The van der Waals surface area contributed by atoms with Crippen LogP contribution >= 0.6 is 0 Å². The number of H-pyrrole nitrogens is 1. The number of nitrogens with zero attached hydrogens (tertiary/aromatic N) is 6. The van der Waals surface area contributed by atoms with Gasteiger partial charge < -0.3 is 4.90 Å². The Bertz CT molecular complexity index is 1470. The van der Waals surface area contributed by atoms with Crippen molar-refractivity contribution in [2.75, 3.05) is 19.6 Å². The normalized spacial score (nSPS) is 17.2. The summed E-state index contributed by atoms with van der Waals surface area (Å²) in [5, 5.41) is 17.5. The molecule has 1 aliphatic heterocycles. The third-order valence-corrected chi connectivity index (χ3v) is 6.61. The summed E-state index contributed by atoms with van der Waals surface area (Å²) in [5.74, 6) is -0.873. The fraction of sp³-hybridized carbons (Fsp3) is 0.286. The van der Waals surface area contributed by atoms with Gasteiger partial charge in [0.2, 0.25) is 0 Å². The number of aromatic amines is 1. The van der Waals surface area contributed by atoms with Gasteiger partial charge in [-0.3, -0.25) is 10.1 Å². The molecule has 4 heterocycles.